The van der Waals surface area contributed by atoms with Gasteiger partial charge >= 0.3 is 6.03 Å². The lowest BCUT2D eigenvalue weighted by Gasteiger charge is -2.34. The number of nitrogens with zero attached hydrogens (tertiary/aromatic N) is 2. The highest BCUT2D eigenvalue weighted by molar-refractivity contribution is 5.75. The summed E-state index contributed by atoms with van der Waals surface area (Å²) in [5, 5.41) is 12.9. The highest BCUT2D eigenvalue weighted by Crippen LogP contribution is 2.40. The van der Waals surface area contributed by atoms with Crippen molar-refractivity contribution in [2.75, 3.05) is 39.3 Å². The van der Waals surface area contributed by atoms with Gasteiger partial charge in [0, 0.05) is 25.6 Å². The number of hydrogen-bond acceptors (Lipinski definition) is 3. The van der Waals surface area contributed by atoms with Crippen molar-refractivity contribution in [2.24, 2.45) is 11.8 Å². The topological polar surface area (TPSA) is 55.8 Å². The zero-order chi connectivity index (χ0) is 20.2. The number of piperidine rings is 1. The molecule has 1 aromatic carbocycles. The molecule has 2 amide bonds. The molecule has 0 aromatic heterocycles. The number of carbonyl (C=O) groups is 1. The van der Waals surface area contributed by atoms with E-state index in [0.717, 1.165) is 50.7 Å². The first-order chi connectivity index (χ1) is 14.2. The van der Waals surface area contributed by atoms with Gasteiger partial charge in [-0.15, -0.1) is 0 Å². The summed E-state index contributed by atoms with van der Waals surface area (Å²) in [7, 11) is 0. The summed E-state index contributed by atoms with van der Waals surface area (Å²) < 4.78 is 0. The summed E-state index contributed by atoms with van der Waals surface area (Å²) in [5.74, 6) is 1.85. The number of aliphatic hydroxyl groups excluding tert-OH is 1. The predicted octanol–water partition coefficient (Wildman–Crippen LogP) is 3.75. The third-order valence-electron chi connectivity index (χ3n) is 7.27. The first-order valence-electron chi connectivity index (χ1n) is 11.6. The second kappa shape index (κ2) is 9.48. The number of nitrogens with one attached hydrogen (secondary N) is 1. The highest BCUT2D eigenvalue weighted by atomic mass is 16.3. The fraction of sp³-hybridized carbons (Fsp3) is 0.708. The molecule has 0 radical (unpaired) electrons. The standard InChI is InChI=1S/C24H37N3O2/c1-2-26(16-19-7-8-19)12-9-18-10-13-27(14-11-18)24(29)25-23-15-20(17-28)21-5-3-4-6-22(21)23/h3-6,18-20,23,28H,2,7-17H2,1H3,(H,25,29)/t20-,23-/m1/s1. The number of amides is 2. The van der Waals surface area contributed by atoms with Crippen LogP contribution in [0.2, 0.25) is 0 Å². The van der Waals surface area contributed by atoms with E-state index in [1.807, 2.05) is 17.0 Å². The van der Waals surface area contributed by atoms with E-state index in [9.17, 15) is 9.90 Å². The summed E-state index contributed by atoms with van der Waals surface area (Å²) in [6.45, 7) is 7.81. The second-order valence-corrected chi connectivity index (χ2v) is 9.30. The Kier molecular flexibility index (Phi) is 6.76. The van der Waals surface area contributed by atoms with E-state index in [1.54, 1.807) is 0 Å². The molecular formula is C24H37N3O2. The molecule has 2 N–H and O–H groups in total. The lowest BCUT2D eigenvalue weighted by molar-refractivity contribution is 0.157. The smallest absolute Gasteiger partial charge is 0.317 e. The van der Waals surface area contributed by atoms with Gasteiger partial charge in [-0.1, -0.05) is 31.2 Å². The van der Waals surface area contributed by atoms with Crippen LogP contribution in [-0.4, -0.2) is 60.3 Å². The predicted molar refractivity (Wildman–Crippen MR) is 116 cm³/mol. The molecule has 5 nitrogen and oxygen atoms in total. The van der Waals surface area contributed by atoms with Gasteiger partial charge in [-0.2, -0.15) is 0 Å². The quantitative estimate of drug-likeness (QED) is 0.700. The lowest BCUT2D eigenvalue weighted by atomic mass is 9.93. The average Bonchev–Trinajstić information content (AvgIpc) is 3.51. The zero-order valence-corrected chi connectivity index (χ0v) is 17.9. The third-order valence-corrected chi connectivity index (χ3v) is 7.27. The minimum atomic E-state index is 0.0223. The van der Waals surface area contributed by atoms with Crippen LogP contribution in [0.25, 0.3) is 0 Å². The molecule has 5 heteroatoms. The summed E-state index contributed by atoms with van der Waals surface area (Å²) in [6, 6.07) is 8.28. The zero-order valence-electron chi connectivity index (χ0n) is 17.9. The molecule has 1 aliphatic heterocycles. The number of urea groups is 1. The summed E-state index contributed by atoms with van der Waals surface area (Å²) >= 11 is 0. The van der Waals surface area contributed by atoms with E-state index in [4.69, 9.17) is 0 Å². The van der Waals surface area contributed by atoms with E-state index in [0.29, 0.717) is 0 Å². The van der Waals surface area contributed by atoms with Crippen molar-refractivity contribution >= 4 is 6.03 Å². The third kappa shape index (κ3) is 5.13. The lowest BCUT2D eigenvalue weighted by Crippen LogP contribution is -2.45. The number of benzene rings is 1. The molecule has 1 aromatic rings. The molecule has 160 valence electrons. The number of aliphatic hydroxyl groups is 1. The summed E-state index contributed by atoms with van der Waals surface area (Å²) in [5.41, 5.74) is 2.36. The fourth-order valence-electron chi connectivity index (χ4n) is 5.12. The fourth-order valence-corrected chi connectivity index (χ4v) is 5.12. The number of likely N-dealkylation sites (tertiary alicyclic amines) is 1. The molecule has 3 aliphatic rings. The van der Waals surface area contributed by atoms with Crippen LogP contribution in [0.5, 0.6) is 0 Å². The highest BCUT2D eigenvalue weighted by Gasteiger charge is 2.33. The molecule has 0 bridgehead atoms. The van der Waals surface area contributed by atoms with E-state index < -0.39 is 0 Å². The number of rotatable bonds is 8. The van der Waals surface area contributed by atoms with Gasteiger partial charge in [0.2, 0.25) is 0 Å². The second-order valence-electron chi connectivity index (χ2n) is 9.30. The normalized spacial score (nSPS) is 24.7. The van der Waals surface area contributed by atoms with Crippen LogP contribution in [0.1, 0.15) is 68.5 Å². The molecule has 2 fully saturated rings. The average molecular weight is 400 g/mol. The Bertz CT molecular complexity index is 682. The largest absolute Gasteiger partial charge is 0.396 e. The Balaban J connectivity index is 1.22. The van der Waals surface area contributed by atoms with Crippen LogP contribution in [0.15, 0.2) is 24.3 Å². The van der Waals surface area contributed by atoms with Crippen molar-refractivity contribution in [2.45, 2.75) is 57.4 Å². The molecular weight excluding hydrogens is 362 g/mol. The van der Waals surface area contributed by atoms with Crippen molar-refractivity contribution in [3.05, 3.63) is 35.4 Å². The molecule has 1 saturated heterocycles. The first kappa shape index (κ1) is 20.7. The Hall–Kier alpha value is -1.59. The van der Waals surface area contributed by atoms with Crippen molar-refractivity contribution in [1.29, 1.82) is 0 Å². The van der Waals surface area contributed by atoms with Crippen LogP contribution < -0.4 is 5.32 Å². The van der Waals surface area contributed by atoms with Crippen molar-refractivity contribution in [3.8, 4) is 0 Å². The minimum Gasteiger partial charge on any atom is -0.396 e. The van der Waals surface area contributed by atoms with Crippen molar-refractivity contribution < 1.29 is 9.90 Å². The van der Waals surface area contributed by atoms with Gasteiger partial charge in [0.1, 0.15) is 0 Å². The Morgan fingerprint density at radius 3 is 2.52 bits per heavy atom. The maximum absolute atomic E-state index is 12.9. The van der Waals surface area contributed by atoms with Crippen LogP contribution in [-0.2, 0) is 0 Å². The SMILES string of the molecule is CCN(CCC1CCN(C(=O)N[C@@H]2C[C@H](CO)c3ccccc32)CC1)CC1CC1. The Morgan fingerprint density at radius 2 is 1.86 bits per heavy atom. The van der Waals surface area contributed by atoms with Crippen LogP contribution in [0, 0.1) is 11.8 Å². The molecule has 2 atom stereocenters. The molecule has 29 heavy (non-hydrogen) atoms. The van der Waals surface area contributed by atoms with E-state index in [-0.39, 0.29) is 24.6 Å². The molecule has 0 unspecified atom stereocenters. The van der Waals surface area contributed by atoms with Gasteiger partial charge in [-0.3, -0.25) is 0 Å². The maximum atomic E-state index is 12.9. The van der Waals surface area contributed by atoms with Gasteiger partial charge in [-0.05, 0) is 74.6 Å². The van der Waals surface area contributed by atoms with E-state index in [1.165, 1.54) is 43.5 Å². The Morgan fingerprint density at radius 1 is 1.14 bits per heavy atom. The van der Waals surface area contributed by atoms with Gasteiger partial charge < -0.3 is 20.2 Å². The number of hydrogen-bond donors (Lipinski definition) is 2. The van der Waals surface area contributed by atoms with Crippen molar-refractivity contribution in [1.82, 2.24) is 15.1 Å². The van der Waals surface area contributed by atoms with Gasteiger partial charge in [0.05, 0.1) is 12.6 Å². The number of carbonyl (C=O) groups excluding carboxylic acids is 1. The Labute approximate surface area is 175 Å². The molecule has 1 heterocycles. The number of fused-ring (bicyclic) bond motifs is 1. The molecule has 0 spiro atoms. The minimum absolute atomic E-state index is 0.0223. The molecule has 1 saturated carbocycles. The summed E-state index contributed by atoms with van der Waals surface area (Å²) in [4.78, 5) is 17.5. The summed E-state index contributed by atoms with van der Waals surface area (Å²) in [6.07, 6.45) is 7.16. The van der Waals surface area contributed by atoms with Crippen LogP contribution in [0.3, 0.4) is 0 Å². The van der Waals surface area contributed by atoms with E-state index >= 15 is 0 Å². The van der Waals surface area contributed by atoms with Gasteiger partial charge in [0.25, 0.3) is 0 Å². The maximum Gasteiger partial charge on any atom is 0.317 e. The van der Waals surface area contributed by atoms with Crippen LogP contribution >= 0.6 is 0 Å². The van der Waals surface area contributed by atoms with Crippen molar-refractivity contribution in [3.63, 3.8) is 0 Å². The first-order valence-corrected chi connectivity index (χ1v) is 11.6. The molecule has 4 rings (SSSR count). The van der Waals surface area contributed by atoms with Gasteiger partial charge in [0.15, 0.2) is 0 Å². The van der Waals surface area contributed by atoms with E-state index in [2.05, 4.69) is 29.3 Å². The monoisotopic (exact) mass is 399 g/mol. The molecule has 2 aliphatic carbocycles. The van der Waals surface area contributed by atoms with Crippen LogP contribution in [0.4, 0.5) is 4.79 Å². The van der Waals surface area contributed by atoms with Gasteiger partial charge in [-0.25, -0.2) is 4.79 Å².